The zero-order chi connectivity index (χ0) is 11.4. The van der Waals surface area contributed by atoms with Crippen LogP contribution in [0.2, 0.25) is 0 Å². The van der Waals surface area contributed by atoms with Crippen molar-refractivity contribution < 1.29 is 4.74 Å². The van der Waals surface area contributed by atoms with Gasteiger partial charge in [0.15, 0.2) is 0 Å². The highest BCUT2D eigenvalue weighted by Crippen LogP contribution is 2.25. The normalized spacial score (nSPS) is 20.9. The molecule has 1 aliphatic heterocycles. The number of likely N-dealkylation sites (tertiary alicyclic amines) is 1. The van der Waals surface area contributed by atoms with Gasteiger partial charge in [0.2, 0.25) is 5.88 Å². The Labute approximate surface area is 96.0 Å². The van der Waals surface area contributed by atoms with Crippen LogP contribution >= 0.6 is 0 Å². The van der Waals surface area contributed by atoms with Crippen molar-refractivity contribution in [3.8, 4) is 5.88 Å². The second-order valence-corrected chi connectivity index (χ2v) is 3.99. The molecule has 2 heterocycles. The first kappa shape index (κ1) is 11.1. The number of methoxy groups -OCH3 is 1. The summed E-state index contributed by atoms with van der Waals surface area (Å²) in [6.07, 6.45) is 4.81. The summed E-state index contributed by atoms with van der Waals surface area (Å²) < 4.78 is 5.11. The first-order valence-electron chi connectivity index (χ1n) is 5.53. The molecule has 4 heteroatoms. The van der Waals surface area contributed by atoms with Crippen LogP contribution in [0.1, 0.15) is 18.2 Å². The van der Waals surface area contributed by atoms with Gasteiger partial charge in [-0.25, -0.2) is 4.98 Å². The monoisotopic (exact) mass is 219 g/mol. The van der Waals surface area contributed by atoms with Gasteiger partial charge in [-0.2, -0.15) is 4.98 Å². The van der Waals surface area contributed by atoms with E-state index in [1.54, 1.807) is 19.4 Å². The van der Waals surface area contributed by atoms with Crippen LogP contribution in [-0.4, -0.2) is 41.6 Å². The van der Waals surface area contributed by atoms with E-state index < -0.39 is 0 Å². The summed E-state index contributed by atoms with van der Waals surface area (Å²) in [4.78, 5) is 11.1. The number of ether oxygens (including phenoxy) is 1. The van der Waals surface area contributed by atoms with Crippen molar-refractivity contribution in [1.29, 1.82) is 0 Å². The van der Waals surface area contributed by atoms with Crippen molar-refractivity contribution in [1.82, 2.24) is 14.9 Å². The minimum Gasteiger partial charge on any atom is -0.481 e. The molecule has 0 N–H and O–H groups in total. The minimum atomic E-state index is 0.426. The SMILES string of the molecule is C=CCN1CC[C@@H](c2nccc(OC)n2)C1. The summed E-state index contributed by atoms with van der Waals surface area (Å²) in [6, 6.07) is 1.78. The maximum atomic E-state index is 5.11. The molecule has 0 unspecified atom stereocenters. The molecule has 1 atom stereocenters. The summed E-state index contributed by atoms with van der Waals surface area (Å²) in [5.41, 5.74) is 0. The molecular weight excluding hydrogens is 202 g/mol. The molecule has 1 fully saturated rings. The van der Waals surface area contributed by atoms with Gasteiger partial charge in [0.1, 0.15) is 5.82 Å². The van der Waals surface area contributed by atoms with Crippen LogP contribution in [0.3, 0.4) is 0 Å². The molecule has 0 aliphatic carbocycles. The summed E-state index contributed by atoms with van der Waals surface area (Å²) >= 11 is 0. The predicted molar refractivity (Wildman–Crippen MR) is 62.6 cm³/mol. The molecule has 16 heavy (non-hydrogen) atoms. The van der Waals surface area contributed by atoms with Crippen molar-refractivity contribution in [3.63, 3.8) is 0 Å². The highest BCUT2D eigenvalue weighted by molar-refractivity contribution is 5.12. The van der Waals surface area contributed by atoms with Gasteiger partial charge < -0.3 is 4.74 Å². The Kier molecular flexibility index (Phi) is 3.51. The number of hydrogen-bond donors (Lipinski definition) is 0. The van der Waals surface area contributed by atoms with Crippen LogP contribution < -0.4 is 4.74 Å². The minimum absolute atomic E-state index is 0.426. The third kappa shape index (κ3) is 2.39. The molecule has 86 valence electrons. The Morgan fingerprint density at radius 2 is 2.56 bits per heavy atom. The molecule has 0 aromatic carbocycles. The summed E-state index contributed by atoms with van der Waals surface area (Å²) in [5, 5.41) is 0. The van der Waals surface area contributed by atoms with Crippen LogP contribution in [0.5, 0.6) is 5.88 Å². The molecular formula is C12H17N3O. The Balaban J connectivity index is 2.05. The summed E-state index contributed by atoms with van der Waals surface area (Å²) in [7, 11) is 1.63. The predicted octanol–water partition coefficient (Wildman–Crippen LogP) is 1.46. The van der Waals surface area contributed by atoms with Crippen LogP contribution in [0, 0.1) is 0 Å². The van der Waals surface area contributed by atoms with E-state index in [0.29, 0.717) is 11.8 Å². The van der Waals surface area contributed by atoms with Gasteiger partial charge in [-0.05, 0) is 13.0 Å². The summed E-state index contributed by atoms with van der Waals surface area (Å²) in [5.74, 6) is 1.97. The Morgan fingerprint density at radius 3 is 3.31 bits per heavy atom. The molecule has 0 amide bonds. The molecule has 0 bridgehead atoms. The first-order valence-corrected chi connectivity index (χ1v) is 5.53. The lowest BCUT2D eigenvalue weighted by atomic mass is 10.1. The third-order valence-corrected chi connectivity index (χ3v) is 2.88. The standard InChI is InChI=1S/C12H17N3O/c1-3-7-15-8-5-10(9-15)12-13-6-4-11(14-12)16-2/h3-4,6,10H,1,5,7-9H2,2H3/t10-/m1/s1. The zero-order valence-corrected chi connectivity index (χ0v) is 9.59. The van der Waals surface area contributed by atoms with E-state index in [4.69, 9.17) is 4.74 Å². The second-order valence-electron chi connectivity index (χ2n) is 3.99. The van der Waals surface area contributed by atoms with Gasteiger partial charge in [0, 0.05) is 31.3 Å². The number of aromatic nitrogens is 2. The van der Waals surface area contributed by atoms with Crippen molar-refractivity contribution in [3.05, 3.63) is 30.7 Å². The molecule has 2 rings (SSSR count). The third-order valence-electron chi connectivity index (χ3n) is 2.88. The lowest BCUT2D eigenvalue weighted by Gasteiger charge is -2.12. The molecule has 0 radical (unpaired) electrons. The van der Waals surface area contributed by atoms with Crippen LogP contribution in [0.4, 0.5) is 0 Å². The fourth-order valence-corrected chi connectivity index (χ4v) is 2.06. The van der Waals surface area contributed by atoms with E-state index in [-0.39, 0.29) is 0 Å². The average Bonchev–Trinajstić information content (AvgIpc) is 2.78. The number of hydrogen-bond acceptors (Lipinski definition) is 4. The van der Waals surface area contributed by atoms with Gasteiger partial charge in [0.25, 0.3) is 0 Å². The Bertz CT molecular complexity index is 367. The average molecular weight is 219 g/mol. The van der Waals surface area contributed by atoms with Gasteiger partial charge in [0.05, 0.1) is 7.11 Å². The largest absolute Gasteiger partial charge is 0.481 e. The fraction of sp³-hybridized carbons (Fsp3) is 0.500. The molecule has 4 nitrogen and oxygen atoms in total. The van der Waals surface area contributed by atoms with Gasteiger partial charge in [-0.3, -0.25) is 4.90 Å². The van der Waals surface area contributed by atoms with E-state index in [1.165, 1.54) is 0 Å². The number of rotatable bonds is 4. The molecule has 0 spiro atoms. The maximum absolute atomic E-state index is 5.11. The lowest BCUT2D eigenvalue weighted by molar-refractivity contribution is 0.368. The van der Waals surface area contributed by atoms with E-state index in [1.807, 2.05) is 6.08 Å². The Hall–Kier alpha value is -1.42. The van der Waals surface area contributed by atoms with Crippen LogP contribution in [0.15, 0.2) is 24.9 Å². The first-order chi connectivity index (χ1) is 7.83. The molecule has 1 aromatic heterocycles. The van der Waals surface area contributed by atoms with Crippen molar-refractivity contribution in [2.75, 3.05) is 26.7 Å². The molecule has 1 aromatic rings. The Morgan fingerprint density at radius 1 is 1.69 bits per heavy atom. The van der Waals surface area contributed by atoms with Crippen LogP contribution in [-0.2, 0) is 0 Å². The maximum Gasteiger partial charge on any atom is 0.216 e. The lowest BCUT2D eigenvalue weighted by Crippen LogP contribution is -2.20. The molecule has 1 saturated heterocycles. The second kappa shape index (κ2) is 5.07. The van der Waals surface area contributed by atoms with Crippen molar-refractivity contribution in [2.45, 2.75) is 12.3 Å². The zero-order valence-electron chi connectivity index (χ0n) is 9.59. The van der Waals surface area contributed by atoms with Crippen molar-refractivity contribution in [2.24, 2.45) is 0 Å². The van der Waals surface area contributed by atoms with E-state index in [2.05, 4.69) is 21.4 Å². The highest BCUT2D eigenvalue weighted by atomic mass is 16.5. The smallest absolute Gasteiger partial charge is 0.216 e. The summed E-state index contributed by atoms with van der Waals surface area (Å²) in [6.45, 7) is 6.81. The van der Waals surface area contributed by atoms with Crippen molar-refractivity contribution >= 4 is 0 Å². The molecule has 0 saturated carbocycles. The fourth-order valence-electron chi connectivity index (χ4n) is 2.06. The van der Waals surface area contributed by atoms with E-state index in [9.17, 15) is 0 Å². The van der Waals surface area contributed by atoms with E-state index >= 15 is 0 Å². The quantitative estimate of drug-likeness (QED) is 0.719. The van der Waals surface area contributed by atoms with Gasteiger partial charge in [-0.1, -0.05) is 6.08 Å². The molecule has 1 aliphatic rings. The van der Waals surface area contributed by atoms with Gasteiger partial charge >= 0.3 is 0 Å². The number of nitrogens with zero attached hydrogens (tertiary/aromatic N) is 3. The van der Waals surface area contributed by atoms with Gasteiger partial charge in [-0.15, -0.1) is 6.58 Å². The highest BCUT2D eigenvalue weighted by Gasteiger charge is 2.25. The topological polar surface area (TPSA) is 38.2 Å². The van der Waals surface area contributed by atoms with Crippen LogP contribution in [0.25, 0.3) is 0 Å². The van der Waals surface area contributed by atoms with E-state index in [0.717, 1.165) is 31.9 Å².